The lowest BCUT2D eigenvalue weighted by atomic mass is 10.1. The van der Waals surface area contributed by atoms with Gasteiger partial charge in [0, 0.05) is 4.47 Å². The van der Waals surface area contributed by atoms with Gasteiger partial charge in [0.1, 0.15) is 6.07 Å². The second-order valence-electron chi connectivity index (χ2n) is 5.75. The highest BCUT2D eigenvalue weighted by Crippen LogP contribution is 2.35. The van der Waals surface area contributed by atoms with E-state index in [1.807, 2.05) is 30.3 Å². The number of ether oxygens (including phenoxy) is 2. The maximum absolute atomic E-state index is 12.7. The van der Waals surface area contributed by atoms with Crippen molar-refractivity contribution in [2.75, 3.05) is 13.7 Å². The summed E-state index contributed by atoms with van der Waals surface area (Å²) in [4.78, 5) is 26.6. The van der Waals surface area contributed by atoms with Crippen molar-refractivity contribution in [3.8, 4) is 17.6 Å². The molecule has 0 spiro atoms. The van der Waals surface area contributed by atoms with Gasteiger partial charge in [-0.15, -0.1) is 0 Å². The lowest BCUT2D eigenvalue weighted by Crippen LogP contribution is -2.27. The van der Waals surface area contributed by atoms with Crippen LogP contribution in [0.1, 0.15) is 11.1 Å². The first-order valence-electron chi connectivity index (χ1n) is 8.19. The fourth-order valence-electron chi connectivity index (χ4n) is 2.61. The number of hydrogen-bond acceptors (Lipinski definition) is 6. The molecule has 0 aliphatic carbocycles. The molecule has 1 saturated heterocycles. The first-order valence-corrected chi connectivity index (χ1v) is 9.80. The van der Waals surface area contributed by atoms with Crippen molar-refractivity contribution in [2.24, 2.45) is 0 Å². The molecule has 8 heteroatoms. The number of nitriles is 1. The lowest BCUT2D eigenvalue weighted by molar-refractivity contribution is -0.123. The van der Waals surface area contributed by atoms with Gasteiger partial charge in [-0.05, 0) is 53.2 Å². The molecular weight excluding hydrogens is 444 g/mol. The number of benzene rings is 2. The quantitative estimate of drug-likeness (QED) is 0.588. The van der Waals surface area contributed by atoms with Crippen molar-refractivity contribution in [3.05, 3.63) is 63.0 Å². The first-order chi connectivity index (χ1) is 13.5. The van der Waals surface area contributed by atoms with Crippen molar-refractivity contribution < 1.29 is 19.1 Å². The molecule has 2 aromatic rings. The van der Waals surface area contributed by atoms with Gasteiger partial charge in [0.05, 0.1) is 18.6 Å². The highest BCUT2D eigenvalue weighted by atomic mass is 79.9. The predicted molar refractivity (Wildman–Crippen MR) is 110 cm³/mol. The van der Waals surface area contributed by atoms with Crippen molar-refractivity contribution >= 4 is 44.9 Å². The van der Waals surface area contributed by atoms with Crippen LogP contribution in [0.4, 0.5) is 4.79 Å². The Morgan fingerprint density at radius 3 is 2.75 bits per heavy atom. The maximum atomic E-state index is 12.7. The van der Waals surface area contributed by atoms with Gasteiger partial charge in [-0.2, -0.15) is 5.26 Å². The minimum absolute atomic E-state index is 0.0931. The summed E-state index contributed by atoms with van der Waals surface area (Å²) in [6.07, 6.45) is 1.64. The Balaban J connectivity index is 1.80. The van der Waals surface area contributed by atoms with Gasteiger partial charge in [-0.25, -0.2) is 0 Å². The zero-order chi connectivity index (χ0) is 20.1. The molecule has 0 atom stereocenters. The van der Waals surface area contributed by atoms with Gasteiger partial charge in [0.15, 0.2) is 18.1 Å². The van der Waals surface area contributed by atoms with Crippen LogP contribution in [0, 0.1) is 11.3 Å². The van der Waals surface area contributed by atoms with Gasteiger partial charge >= 0.3 is 0 Å². The number of rotatable bonds is 6. The van der Waals surface area contributed by atoms with Crippen LogP contribution in [0.5, 0.6) is 11.5 Å². The third kappa shape index (κ3) is 4.55. The van der Waals surface area contributed by atoms with E-state index in [0.717, 1.165) is 21.8 Å². The Hall–Kier alpha value is -2.76. The Bertz CT molecular complexity index is 1000. The SMILES string of the molecule is COc1cc(C=C2SC(=O)N(Cc3cccc(Br)c3)C2=O)ccc1OCC#N. The van der Waals surface area contributed by atoms with Crippen molar-refractivity contribution in [2.45, 2.75) is 6.54 Å². The fraction of sp³-hybridized carbons (Fsp3) is 0.150. The summed E-state index contributed by atoms with van der Waals surface area (Å²) in [5.41, 5.74) is 1.55. The van der Waals surface area contributed by atoms with E-state index in [1.165, 1.54) is 12.0 Å². The third-order valence-corrected chi connectivity index (χ3v) is 5.28. The molecule has 3 rings (SSSR count). The number of carbonyl (C=O) groups is 2. The average Bonchev–Trinajstić information content (AvgIpc) is 2.94. The monoisotopic (exact) mass is 458 g/mol. The predicted octanol–water partition coefficient (Wildman–Crippen LogP) is 4.60. The summed E-state index contributed by atoms with van der Waals surface area (Å²) >= 11 is 4.29. The van der Waals surface area contributed by atoms with Crippen LogP contribution in [-0.2, 0) is 11.3 Å². The number of carbonyl (C=O) groups excluding carboxylic acids is 2. The summed E-state index contributed by atoms with van der Waals surface area (Å²) in [7, 11) is 1.49. The molecule has 0 N–H and O–H groups in total. The summed E-state index contributed by atoms with van der Waals surface area (Å²) < 4.78 is 11.4. The average molecular weight is 459 g/mol. The molecule has 2 aromatic carbocycles. The number of imide groups is 1. The van der Waals surface area contributed by atoms with Crippen molar-refractivity contribution in [1.29, 1.82) is 5.26 Å². The lowest BCUT2D eigenvalue weighted by Gasteiger charge is -2.12. The fourth-order valence-corrected chi connectivity index (χ4v) is 3.89. The van der Waals surface area contributed by atoms with Crippen LogP contribution in [0.3, 0.4) is 0 Å². The Labute approximate surface area is 174 Å². The number of amides is 2. The van der Waals surface area contributed by atoms with Crippen LogP contribution in [0.2, 0.25) is 0 Å². The van der Waals surface area contributed by atoms with Gasteiger partial charge < -0.3 is 9.47 Å². The summed E-state index contributed by atoms with van der Waals surface area (Å²) in [5.74, 6) is 0.542. The second kappa shape index (κ2) is 8.95. The second-order valence-corrected chi connectivity index (χ2v) is 7.66. The summed E-state index contributed by atoms with van der Waals surface area (Å²) in [6, 6.07) is 14.5. The molecule has 28 heavy (non-hydrogen) atoms. The molecule has 0 radical (unpaired) electrons. The van der Waals surface area contributed by atoms with Crippen LogP contribution < -0.4 is 9.47 Å². The van der Waals surface area contributed by atoms with E-state index >= 15 is 0 Å². The standard InChI is InChI=1S/C20H15BrN2O4S/c1-26-17-10-13(5-6-16(17)27-8-7-22)11-18-19(24)23(20(25)28-18)12-14-3-2-4-15(21)9-14/h2-6,9-11H,8,12H2,1H3. The normalized spacial score (nSPS) is 15.0. The molecule has 142 valence electrons. The van der Waals surface area contributed by atoms with Crippen LogP contribution in [0.15, 0.2) is 51.8 Å². The molecule has 0 saturated carbocycles. The van der Waals surface area contributed by atoms with E-state index in [9.17, 15) is 9.59 Å². The highest BCUT2D eigenvalue weighted by molar-refractivity contribution is 9.10. The minimum Gasteiger partial charge on any atom is -0.493 e. The Morgan fingerprint density at radius 2 is 2.04 bits per heavy atom. The third-order valence-electron chi connectivity index (χ3n) is 3.88. The van der Waals surface area contributed by atoms with E-state index in [-0.39, 0.29) is 24.3 Å². The molecule has 2 amide bonds. The zero-order valence-corrected chi connectivity index (χ0v) is 17.2. The smallest absolute Gasteiger partial charge is 0.293 e. The van der Waals surface area contributed by atoms with E-state index in [1.54, 1.807) is 24.3 Å². The van der Waals surface area contributed by atoms with Gasteiger partial charge in [0.25, 0.3) is 11.1 Å². The van der Waals surface area contributed by atoms with E-state index in [0.29, 0.717) is 22.0 Å². The number of thioether (sulfide) groups is 1. The number of halogens is 1. The van der Waals surface area contributed by atoms with Gasteiger partial charge in [-0.1, -0.05) is 34.1 Å². The van der Waals surface area contributed by atoms with Gasteiger partial charge in [-0.3, -0.25) is 14.5 Å². The summed E-state index contributed by atoms with van der Waals surface area (Å²) in [6.45, 7) is 0.121. The van der Waals surface area contributed by atoms with E-state index in [4.69, 9.17) is 14.7 Å². The van der Waals surface area contributed by atoms with Crippen molar-refractivity contribution in [3.63, 3.8) is 0 Å². The topological polar surface area (TPSA) is 79.6 Å². The summed E-state index contributed by atoms with van der Waals surface area (Å²) in [5, 5.41) is 8.32. The van der Waals surface area contributed by atoms with Crippen LogP contribution in [0.25, 0.3) is 6.08 Å². The number of methoxy groups -OCH3 is 1. The molecule has 1 fully saturated rings. The van der Waals surface area contributed by atoms with Crippen LogP contribution in [-0.4, -0.2) is 29.8 Å². The number of hydrogen-bond donors (Lipinski definition) is 0. The Morgan fingerprint density at radius 1 is 1.21 bits per heavy atom. The molecule has 6 nitrogen and oxygen atoms in total. The highest BCUT2D eigenvalue weighted by Gasteiger charge is 2.35. The molecule has 0 bridgehead atoms. The van der Waals surface area contributed by atoms with Crippen LogP contribution >= 0.6 is 27.7 Å². The zero-order valence-electron chi connectivity index (χ0n) is 14.8. The molecule has 0 aromatic heterocycles. The first kappa shape index (κ1) is 20.0. The van der Waals surface area contributed by atoms with E-state index in [2.05, 4.69) is 15.9 Å². The molecule has 1 aliphatic rings. The molecular formula is C20H15BrN2O4S. The molecule has 1 aliphatic heterocycles. The minimum atomic E-state index is -0.334. The maximum Gasteiger partial charge on any atom is 0.293 e. The largest absolute Gasteiger partial charge is 0.493 e. The number of nitrogens with zero attached hydrogens (tertiary/aromatic N) is 2. The Kier molecular flexibility index (Phi) is 6.39. The van der Waals surface area contributed by atoms with Gasteiger partial charge in [0.2, 0.25) is 0 Å². The molecule has 1 heterocycles. The molecule has 0 unspecified atom stereocenters. The van der Waals surface area contributed by atoms with E-state index < -0.39 is 0 Å². The van der Waals surface area contributed by atoms with Crippen molar-refractivity contribution in [1.82, 2.24) is 4.90 Å².